The Morgan fingerprint density at radius 1 is 0.947 bits per heavy atom. The molecule has 5 rings (SSSR count). The second kappa shape index (κ2) is 11.3. The molecule has 1 saturated heterocycles. The maximum Gasteiger partial charge on any atom is 0.416 e. The predicted molar refractivity (Wildman–Crippen MR) is 138 cm³/mol. The Labute approximate surface area is 220 Å². The number of hydrogen-bond acceptors (Lipinski definition) is 3. The van der Waals surface area contributed by atoms with Crippen LogP contribution in [0.2, 0.25) is 0 Å². The van der Waals surface area contributed by atoms with E-state index in [1.54, 1.807) is 12.1 Å². The fourth-order valence-corrected chi connectivity index (χ4v) is 5.38. The van der Waals surface area contributed by atoms with Crippen molar-refractivity contribution in [3.05, 3.63) is 106 Å². The second-order valence-corrected chi connectivity index (χ2v) is 10.2. The molecule has 200 valence electrons. The van der Waals surface area contributed by atoms with Gasteiger partial charge >= 0.3 is 6.18 Å². The summed E-state index contributed by atoms with van der Waals surface area (Å²) in [5.74, 6) is -0.352. The van der Waals surface area contributed by atoms with E-state index in [0.717, 1.165) is 74.1 Å². The Bertz CT molecular complexity index is 1250. The zero-order valence-corrected chi connectivity index (χ0v) is 21.0. The lowest BCUT2D eigenvalue weighted by Gasteiger charge is -2.32. The topological polar surface area (TPSA) is 44.4 Å². The van der Waals surface area contributed by atoms with Gasteiger partial charge in [0, 0.05) is 37.3 Å². The Hall–Kier alpha value is -3.23. The van der Waals surface area contributed by atoms with Gasteiger partial charge in [-0.15, -0.1) is 0 Å². The molecule has 38 heavy (non-hydrogen) atoms. The third-order valence-electron chi connectivity index (χ3n) is 7.53. The van der Waals surface area contributed by atoms with Crippen LogP contribution < -0.4 is 10.6 Å². The summed E-state index contributed by atoms with van der Waals surface area (Å²) in [7, 11) is 0. The SMILES string of the molecule is O=C(NC1CCN(Cc2ccc(C(F)(F)F)cc2)CC1)c1ccc2c(c1)C(Cc1ccc(F)cc1)NCC2. The van der Waals surface area contributed by atoms with Gasteiger partial charge in [0.25, 0.3) is 5.91 Å². The zero-order chi connectivity index (χ0) is 26.7. The van der Waals surface area contributed by atoms with Gasteiger partial charge in [-0.05, 0) is 90.9 Å². The van der Waals surface area contributed by atoms with Crippen molar-refractivity contribution in [2.24, 2.45) is 0 Å². The van der Waals surface area contributed by atoms with Crippen molar-refractivity contribution < 1.29 is 22.4 Å². The van der Waals surface area contributed by atoms with Crippen molar-refractivity contribution in [2.75, 3.05) is 19.6 Å². The highest BCUT2D eigenvalue weighted by atomic mass is 19.4. The highest BCUT2D eigenvalue weighted by molar-refractivity contribution is 5.94. The molecule has 4 nitrogen and oxygen atoms in total. The highest BCUT2D eigenvalue weighted by Crippen LogP contribution is 2.30. The molecule has 3 aromatic carbocycles. The van der Waals surface area contributed by atoms with E-state index in [1.165, 1.54) is 29.8 Å². The first-order chi connectivity index (χ1) is 18.2. The van der Waals surface area contributed by atoms with Crippen LogP contribution in [0, 0.1) is 5.82 Å². The molecular formula is C30H31F4N3O. The molecule has 0 aliphatic carbocycles. The van der Waals surface area contributed by atoms with Gasteiger partial charge in [0.05, 0.1) is 5.56 Å². The second-order valence-electron chi connectivity index (χ2n) is 10.2. The van der Waals surface area contributed by atoms with Crippen molar-refractivity contribution in [3.63, 3.8) is 0 Å². The minimum absolute atomic E-state index is 0.0514. The molecule has 1 amide bonds. The molecule has 0 spiro atoms. The maximum absolute atomic E-state index is 13.3. The van der Waals surface area contributed by atoms with E-state index in [9.17, 15) is 22.4 Å². The molecule has 0 bridgehead atoms. The van der Waals surface area contributed by atoms with Gasteiger partial charge in [0.1, 0.15) is 5.82 Å². The molecule has 1 unspecified atom stereocenters. The van der Waals surface area contributed by atoms with E-state index in [0.29, 0.717) is 12.1 Å². The number of carbonyl (C=O) groups excluding carboxylic acids is 1. The lowest BCUT2D eigenvalue weighted by molar-refractivity contribution is -0.137. The molecule has 2 aliphatic heterocycles. The van der Waals surface area contributed by atoms with Gasteiger partial charge in [0.15, 0.2) is 0 Å². The number of hydrogen-bond donors (Lipinski definition) is 2. The van der Waals surface area contributed by atoms with Gasteiger partial charge in [-0.1, -0.05) is 30.3 Å². The molecule has 1 fully saturated rings. The van der Waals surface area contributed by atoms with Crippen molar-refractivity contribution in [3.8, 4) is 0 Å². The number of nitrogens with zero attached hydrogens (tertiary/aromatic N) is 1. The third kappa shape index (κ3) is 6.42. The minimum Gasteiger partial charge on any atom is -0.349 e. The Morgan fingerprint density at radius 2 is 1.63 bits per heavy atom. The van der Waals surface area contributed by atoms with Crippen LogP contribution in [0.4, 0.5) is 17.6 Å². The molecular weight excluding hydrogens is 494 g/mol. The molecule has 3 aromatic rings. The fourth-order valence-electron chi connectivity index (χ4n) is 5.38. The Morgan fingerprint density at radius 3 is 2.32 bits per heavy atom. The van der Waals surface area contributed by atoms with E-state index in [4.69, 9.17) is 0 Å². The number of halogens is 4. The number of nitrogens with one attached hydrogen (secondary N) is 2. The molecule has 2 N–H and O–H groups in total. The van der Waals surface area contributed by atoms with Crippen LogP contribution in [0.25, 0.3) is 0 Å². The number of alkyl halides is 3. The summed E-state index contributed by atoms with van der Waals surface area (Å²) >= 11 is 0. The smallest absolute Gasteiger partial charge is 0.349 e. The first-order valence-corrected chi connectivity index (χ1v) is 13.0. The van der Waals surface area contributed by atoms with E-state index in [2.05, 4.69) is 15.5 Å². The van der Waals surface area contributed by atoms with Gasteiger partial charge in [-0.2, -0.15) is 13.2 Å². The van der Waals surface area contributed by atoms with Crippen LogP contribution in [0.5, 0.6) is 0 Å². The summed E-state index contributed by atoms with van der Waals surface area (Å²) in [6, 6.07) is 17.9. The van der Waals surface area contributed by atoms with Crippen LogP contribution in [0.3, 0.4) is 0 Å². The summed E-state index contributed by atoms with van der Waals surface area (Å²) in [6.07, 6.45) is -1.14. The van der Waals surface area contributed by atoms with E-state index >= 15 is 0 Å². The summed E-state index contributed by atoms with van der Waals surface area (Å²) in [5.41, 5.74) is 4.21. The first-order valence-electron chi connectivity index (χ1n) is 13.0. The van der Waals surface area contributed by atoms with Gasteiger partial charge in [-0.3, -0.25) is 9.69 Å². The lowest BCUT2D eigenvalue weighted by atomic mass is 9.89. The van der Waals surface area contributed by atoms with Crippen LogP contribution in [0.1, 0.15) is 57.1 Å². The first kappa shape index (κ1) is 26.4. The molecule has 8 heteroatoms. The zero-order valence-electron chi connectivity index (χ0n) is 21.0. The summed E-state index contributed by atoms with van der Waals surface area (Å²) in [6.45, 7) is 2.97. The number of carbonyl (C=O) groups is 1. The number of rotatable bonds is 6. The van der Waals surface area contributed by atoms with Crippen LogP contribution in [-0.2, 0) is 25.6 Å². The van der Waals surface area contributed by atoms with E-state index in [-0.39, 0.29) is 23.8 Å². The van der Waals surface area contributed by atoms with Crippen molar-refractivity contribution >= 4 is 5.91 Å². The molecule has 2 aliphatic rings. The van der Waals surface area contributed by atoms with E-state index in [1.807, 2.05) is 18.2 Å². The quantitative estimate of drug-likeness (QED) is 0.408. The largest absolute Gasteiger partial charge is 0.416 e. The lowest BCUT2D eigenvalue weighted by Crippen LogP contribution is -2.44. The van der Waals surface area contributed by atoms with Gasteiger partial charge in [-0.25, -0.2) is 4.39 Å². The number of likely N-dealkylation sites (tertiary alicyclic amines) is 1. The standard InChI is InChI=1S/C30H31F4N3O/c31-25-9-3-20(4-10-25)17-28-27-18-23(6-5-22(27)11-14-35-28)29(38)36-26-12-15-37(16-13-26)19-21-1-7-24(8-2-21)30(32,33)34/h1-10,18,26,28,35H,11-17,19H2,(H,36,38). The van der Waals surface area contributed by atoms with E-state index < -0.39 is 11.7 Å². The third-order valence-corrected chi connectivity index (χ3v) is 7.53. The van der Waals surface area contributed by atoms with Crippen molar-refractivity contribution in [1.29, 1.82) is 0 Å². The number of piperidine rings is 1. The monoisotopic (exact) mass is 525 g/mol. The number of fused-ring (bicyclic) bond motifs is 1. The predicted octanol–water partition coefficient (Wildman–Crippen LogP) is 5.67. The molecule has 0 aromatic heterocycles. The number of amides is 1. The van der Waals surface area contributed by atoms with Crippen LogP contribution in [-0.4, -0.2) is 36.5 Å². The molecule has 2 heterocycles. The van der Waals surface area contributed by atoms with Crippen molar-refractivity contribution in [1.82, 2.24) is 15.5 Å². The molecule has 0 saturated carbocycles. The number of benzene rings is 3. The summed E-state index contributed by atoms with van der Waals surface area (Å²) in [5, 5.41) is 6.70. The average Bonchev–Trinajstić information content (AvgIpc) is 2.91. The van der Waals surface area contributed by atoms with Gasteiger partial charge in [0.2, 0.25) is 0 Å². The Kier molecular flexibility index (Phi) is 7.81. The molecule has 1 atom stereocenters. The maximum atomic E-state index is 13.3. The summed E-state index contributed by atoms with van der Waals surface area (Å²) < 4.78 is 51.7. The molecule has 0 radical (unpaired) electrons. The Balaban J connectivity index is 1.16. The average molecular weight is 526 g/mol. The normalized spacial score (nSPS) is 18.7. The van der Waals surface area contributed by atoms with Crippen molar-refractivity contribution in [2.45, 2.75) is 50.5 Å². The van der Waals surface area contributed by atoms with Gasteiger partial charge < -0.3 is 10.6 Å². The fraction of sp³-hybridized carbons (Fsp3) is 0.367. The van der Waals surface area contributed by atoms with Crippen LogP contribution >= 0.6 is 0 Å². The van der Waals surface area contributed by atoms with Crippen LogP contribution in [0.15, 0.2) is 66.7 Å². The summed E-state index contributed by atoms with van der Waals surface area (Å²) in [4.78, 5) is 15.3. The highest BCUT2D eigenvalue weighted by Gasteiger charge is 2.30. The minimum atomic E-state index is -4.33.